The lowest BCUT2D eigenvalue weighted by molar-refractivity contribution is -0.148. The maximum absolute atomic E-state index is 12.1. The maximum Gasteiger partial charge on any atom is 0.411 e. The van der Waals surface area contributed by atoms with Crippen molar-refractivity contribution in [3.8, 4) is 0 Å². The predicted molar refractivity (Wildman–Crippen MR) is 74.4 cm³/mol. The summed E-state index contributed by atoms with van der Waals surface area (Å²) in [6.45, 7) is 9.32. The first kappa shape index (κ1) is 18.0. The van der Waals surface area contributed by atoms with Gasteiger partial charge in [-0.1, -0.05) is 0 Å². The Kier molecular flexibility index (Phi) is 7.83. The van der Waals surface area contributed by atoms with Crippen molar-refractivity contribution in [2.24, 2.45) is 0 Å². The molecule has 0 radical (unpaired) electrons. The van der Waals surface area contributed by atoms with Gasteiger partial charge in [0.2, 0.25) is 0 Å². The zero-order valence-electron chi connectivity index (χ0n) is 12.4. The van der Waals surface area contributed by atoms with Crippen LogP contribution in [0.15, 0.2) is 0 Å². The fourth-order valence-corrected chi connectivity index (χ4v) is 1.50. The number of hydrogen-bond donors (Lipinski definition) is 0. The topological polar surface area (TPSA) is 55.8 Å². The molecule has 1 atom stereocenters. The molecule has 0 saturated heterocycles. The third-order valence-electron chi connectivity index (χ3n) is 2.26. The average Bonchev–Trinajstić information content (AvgIpc) is 2.27. The number of rotatable bonds is 6. The first-order valence-electron chi connectivity index (χ1n) is 6.45. The van der Waals surface area contributed by atoms with Crippen LogP contribution in [0.3, 0.4) is 0 Å². The van der Waals surface area contributed by atoms with Crippen LogP contribution < -0.4 is 0 Å². The molecule has 0 aromatic rings. The molecule has 0 unspecified atom stereocenters. The fourth-order valence-electron chi connectivity index (χ4n) is 1.38. The van der Waals surface area contributed by atoms with E-state index in [1.807, 2.05) is 0 Å². The molecule has 0 aliphatic rings. The van der Waals surface area contributed by atoms with Crippen LogP contribution in [-0.2, 0) is 14.3 Å². The SMILES string of the molecule is CCOC(=O)[C@H](C)N(CCCCl)C(=O)OC(C)(C)C. The number of alkyl halides is 1. The van der Waals surface area contributed by atoms with Gasteiger partial charge in [0.1, 0.15) is 11.6 Å². The third kappa shape index (κ3) is 7.25. The van der Waals surface area contributed by atoms with Crippen molar-refractivity contribution in [2.75, 3.05) is 19.0 Å². The summed E-state index contributed by atoms with van der Waals surface area (Å²) < 4.78 is 10.2. The van der Waals surface area contributed by atoms with Crippen molar-refractivity contribution in [3.05, 3.63) is 0 Å². The number of esters is 1. The highest BCUT2D eigenvalue weighted by Crippen LogP contribution is 2.13. The summed E-state index contributed by atoms with van der Waals surface area (Å²) in [6, 6.07) is -0.682. The normalized spacial score (nSPS) is 12.7. The second-order valence-electron chi connectivity index (χ2n) is 5.14. The molecular formula is C13H24ClNO4. The van der Waals surface area contributed by atoms with Gasteiger partial charge in [-0.3, -0.25) is 4.90 Å². The molecule has 1 amide bonds. The number of hydrogen-bond acceptors (Lipinski definition) is 4. The number of halogens is 1. The second kappa shape index (κ2) is 8.25. The Morgan fingerprint density at radius 1 is 1.32 bits per heavy atom. The minimum absolute atomic E-state index is 0.279. The van der Waals surface area contributed by atoms with E-state index in [9.17, 15) is 9.59 Å². The Morgan fingerprint density at radius 3 is 2.32 bits per heavy atom. The third-order valence-corrected chi connectivity index (χ3v) is 2.52. The number of nitrogens with zero attached hydrogens (tertiary/aromatic N) is 1. The Labute approximate surface area is 120 Å². The van der Waals surface area contributed by atoms with Crippen LogP contribution in [0.4, 0.5) is 4.79 Å². The Bertz CT molecular complexity index is 302. The van der Waals surface area contributed by atoms with Crippen molar-refractivity contribution >= 4 is 23.7 Å². The molecule has 0 bridgehead atoms. The van der Waals surface area contributed by atoms with E-state index in [1.165, 1.54) is 4.90 Å². The standard InChI is InChI=1S/C13H24ClNO4/c1-6-18-11(16)10(2)15(9-7-8-14)12(17)19-13(3,4)5/h10H,6-9H2,1-5H3/t10-/m0/s1. The van der Waals surface area contributed by atoms with Gasteiger partial charge in [-0.25, -0.2) is 9.59 Å². The zero-order chi connectivity index (χ0) is 15.1. The molecule has 0 fully saturated rings. The van der Waals surface area contributed by atoms with E-state index in [1.54, 1.807) is 34.6 Å². The quantitative estimate of drug-likeness (QED) is 0.558. The van der Waals surface area contributed by atoms with Crippen molar-refractivity contribution in [3.63, 3.8) is 0 Å². The van der Waals surface area contributed by atoms with Gasteiger partial charge in [0.15, 0.2) is 0 Å². The van der Waals surface area contributed by atoms with E-state index >= 15 is 0 Å². The van der Waals surface area contributed by atoms with Crippen LogP contribution in [0.25, 0.3) is 0 Å². The van der Waals surface area contributed by atoms with Crippen molar-refractivity contribution in [1.82, 2.24) is 4.90 Å². The Morgan fingerprint density at radius 2 is 1.89 bits per heavy atom. The summed E-state index contributed by atoms with van der Waals surface area (Å²) in [5, 5.41) is 0. The van der Waals surface area contributed by atoms with Gasteiger partial charge in [-0.2, -0.15) is 0 Å². The number of ether oxygens (including phenoxy) is 2. The smallest absolute Gasteiger partial charge is 0.411 e. The summed E-state index contributed by atoms with van der Waals surface area (Å²) in [5.74, 6) is -0.0302. The molecule has 0 saturated carbocycles. The highest BCUT2D eigenvalue weighted by molar-refractivity contribution is 6.17. The second-order valence-corrected chi connectivity index (χ2v) is 5.52. The lowest BCUT2D eigenvalue weighted by Crippen LogP contribution is -2.46. The van der Waals surface area contributed by atoms with Gasteiger partial charge in [0.05, 0.1) is 6.61 Å². The molecule has 0 heterocycles. The van der Waals surface area contributed by atoms with Gasteiger partial charge in [0.25, 0.3) is 0 Å². The van der Waals surface area contributed by atoms with E-state index in [2.05, 4.69) is 0 Å². The predicted octanol–water partition coefficient (Wildman–Crippen LogP) is 2.80. The van der Waals surface area contributed by atoms with E-state index < -0.39 is 23.7 Å². The number of carbonyl (C=O) groups is 2. The molecule has 0 spiro atoms. The van der Waals surface area contributed by atoms with Gasteiger partial charge in [-0.15, -0.1) is 11.6 Å². The van der Waals surface area contributed by atoms with E-state index in [0.29, 0.717) is 18.8 Å². The lowest BCUT2D eigenvalue weighted by Gasteiger charge is -2.30. The van der Waals surface area contributed by atoms with Gasteiger partial charge >= 0.3 is 12.1 Å². The van der Waals surface area contributed by atoms with Crippen molar-refractivity contribution in [1.29, 1.82) is 0 Å². The summed E-state index contributed by atoms with van der Waals surface area (Å²) in [4.78, 5) is 25.1. The maximum atomic E-state index is 12.1. The van der Waals surface area contributed by atoms with Gasteiger partial charge in [0, 0.05) is 12.4 Å². The number of amides is 1. The molecule has 0 aromatic heterocycles. The summed E-state index contributed by atoms with van der Waals surface area (Å²) in [5.41, 5.74) is -0.606. The average molecular weight is 294 g/mol. The highest BCUT2D eigenvalue weighted by Gasteiger charge is 2.30. The van der Waals surface area contributed by atoms with Crippen molar-refractivity contribution < 1.29 is 19.1 Å². The molecule has 0 aliphatic carbocycles. The van der Waals surface area contributed by atoms with Crippen LogP contribution in [0.5, 0.6) is 0 Å². The van der Waals surface area contributed by atoms with Crippen LogP contribution in [0.1, 0.15) is 41.0 Å². The van der Waals surface area contributed by atoms with Crippen LogP contribution in [0, 0.1) is 0 Å². The summed E-state index contributed by atoms with van der Waals surface area (Å²) in [7, 11) is 0. The summed E-state index contributed by atoms with van der Waals surface area (Å²) >= 11 is 5.63. The van der Waals surface area contributed by atoms with Crippen LogP contribution >= 0.6 is 11.6 Å². The fraction of sp³-hybridized carbons (Fsp3) is 0.846. The van der Waals surface area contributed by atoms with Crippen LogP contribution in [-0.4, -0.2) is 47.6 Å². The first-order chi connectivity index (χ1) is 8.72. The van der Waals surface area contributed by atoms with Crippen LogP contribution in [0.2, 0.25) is 0 Å². The van der Waals surface area contributed by atoms with E-state index in [0.717, 1.165) is 0 Å². The minimum Gasteiger partial charge on any atom is -0.464 e. The van der Waals surface area contributed by atoms with Gasteiger partial charge in [-0.05, 0) is 41.0 Å². The Hall–Kier alpha value is -0.970. The van der Waals surface area contributed by atoms with Crippen molar-refractivity contribution in [2.45, 2.75) is 52.7 Å². The molecule has 0 aromatic carbocycles. The zero-order valence-corrected chi connectivity index (χ0v) is 13.1. The molecule has 6 heteroatoms. The summed E-state index contributed by atoms with van der Waals surface area (Å²) in [6.07, 6.45) is 0.0584. The molecular weight excluding hydrogens is 270 g/mol. The minimum atomic E-state index is -0.682. The van der Waals surface area contributed by atoms with E-state index in [4.69, 9.17) is 21.1 Å². The number of carbonyl (C=O) groups excluding carboxylic acids is 2. The first-order valence-corrected chi connectivity index (χ1v) is 6.98. The van der Waals surface area contributed by atoms with Gasteiger partial charge < -0.3 is 9.47 Å². The molecule has 19 heavy (non-hydrogen) atoms. The molecule has 5 nitrogen and oxygen atoms in total. The Balaban J connectivity index is 4.78. The highest BCUT2D eigenvalue weighted by atomic mass is 35.5. The molecule has 112 valence electrons. The monoisotopic (exact) mass is 293 g/mol. The molecule has 0 aliphatic heterocycles. The lowest BCUT2D eigenvalue weighted by atomic mass is 10.2. The van der Waals surface area contributed by atoms with E-state index in [-0.39, 0.29) is 6.61 Å². The molecule has 0 N–H and O–H groups in total. The largest absolute Gasteiger partial charge is 0.464 e. The molecule has 0 rings (SSSR count).